The molecule has 2 fully saturated rings. The van der Waals surface area contributed by atoms with Gasteiger partial charge < -0.3 is 65.1 Å². The normalized spacial score (nSPS) is 22.0. The molecule has 9 N–H and O–H groups in total. The lowest BCUT2D eigenvalue weighted by Crippen LogP contribution is -2.65. The Morgan fingerprint density at radius 1 is 0.350 bits per heavy atom. The van der Waals surface area contributed by atoms with E-state index in [0.29, 0.717) is 12.8 Å². The smallest absolute Gasteiger partial charge is 0.220 e. The maximum absolute atomic E-state index is 13.4. The summed E-state index contributed by atoms with van der Waals surface area (Å²) in [5.74, 6) is -0.245. The van der Waals surface area contributed by atoms with E-state index in [4.69, 9.17) is 18.9 Å². The van der Waals surface area contributed by atoms with Gasteiger partial charge in [-0.2, -0.15) is 0 Å². The highest BCUT2D eigenvalue weighted by Crippen LogP contribution is 2.30. The fourth-order valence-corrected chi connectivity index (χ4v) is 14.2. The van der Waals surface area contributed by atoms with Crippen molar-refractivity contribution >= 4 is 5.91 Å². The summed E-state index contributed by atoms with van der Waals surface area (Å²) in [5, 5.41) is 87.7. The van der Waals surface area contributed by atoms with Crippen molar-refractivity contribution in [2.75, 3.05) is 19.8 Å². The summed E-state index contributed by atoms with van der Waals surface area (Å²) >= 11 is 0. The Balaban J connectivity index is 1.57. The van der Waals surface area contributed by atoms with Crippen molar-refractivity contribution in [2.45, 2.75) is 473 Å². The van der Waals surface area contributed by atoms with Gasteiger partial charge in [-0.05, 0) is 70.6 Å². The minimum absolute atomic E-state index is 0.245. The molecule has 2 aliphatic rings. The van der Waals surface area contributed by atoms with Gasteiger partial charge in [0.25, 0.3) is 0 Å². The molecule has 12 unspecified atom stereocenters. The molecular formula is C86H161NO13. The molecule has 0 aromatic carbocycles. The second-order valence-electron chi connectivity index (χ2n) is 30.3. The molecule has 2 rings (SSSR count). The predicted octanol–water partition coefficient (Wildman–Crippen LogP) is 20.1. The van der Waals surface area contributed by atoms with Gasteiger partial charge in [-0.25, -0.2) is 0 Å². The van der Waals surface area contributed by atoms with E-state index >= 15 is 0 Å². The van der Waals surface area contributed by atoms with Crippen LogP contribution in [0.5, 0.6) is 0 Å². The highest BCUT2D eigenvalue weighted by molar-refractivity contribution is 5.76. The molecule has 2 saturated heterocycles. The van der Waals surface area contributed by atoms with E-state index in [1.807, 2.05) is 6.08 Å². The summed E-state index contributed by atoms with van der Waals surface area (Å²) in [6.45, 7) is 2.84. The monoisotopic (exact) mass is 1420 g/mol. The molecule has 0 aliphatic carbocycles. The Bertz CT molecular complexity index is 1870. The van der Waals surface area contributed by atoms with Crippen LogP contribution in [0.25, 0.3) is 0 Å². The van der Waals surface area contributed by atoms with E-state index in [1.165, 1.54) is 321 Å². The Kier molecular flexibility index (Phi) is 65.8. The Morgan fingerprint density at radius 3 is 0.980 bits per heavy atom. The zero-order chi connectivity index (χ0) is 72.2. The van der Waals surface area contributed by atoms with Crippen LogP contribution in [0.2, 0.25) is 0 Å². The summed E-state index contributed by atoms with van der Waals surface area (Å²) < 4.78 is 22.9. The molecule has 2 aliphatic heterocycles. The van der Waals surface area contributed by atoms with Crippen LogP contribution in [0, 0.1) is 0 Å². The fraction of sp³-hybridized carbons (Fsp3) is 0.895. The van der Waals surface area contributed by atoms with Crippen molar-refractivity contribution in [3.05, 3.63) is 48.6 Å². The Hall–Kier alpha value is -2.05. The second-order valence-corrected chi connectivity index (χ2v) is 30.3. The van der Waals surface area contributed by atoms with E-state index in [0.717, 1.165) is 44.9 Å². The average Bonchev–Trinajstić information content (AvgIpc) is 0.791. The van der Waals surface area contributed by atoms with Crippen molar-refractivity contribution in [1.29, 1.82) is 0 Å². The molecule has 100 heavy (non-hydrogen) atoms. The van der Waals surface area contributed by atoms with Gasteiger partial charge in [0.1, 0.15) is 48.8 Å². The molecule has 0 aromatic heterocycles. The van der Waals surface area contributed by atoms with E-state index in [2.05, 4.69) is 55.6 Å². The first-order valence-electron chi connectivity index (χ1n) is 42.9. The van der Waals surface area contributed by atoms with Gasteiger partial charge in [-0.15, -0.1) is 0 Å². The van der Waals surface area contributed by atoms with Crippen LogP contribution in [0.4, 0.5) is 0 Å². The largest absolute Gasteiger partial charge is 0.394 e. The minimum atomic E-state index is -1.79. The van der Waals surface area contributed by atoms with Gasteiger partial charge in [0.2, 0.25) is 5.91 Å². The third-order valence-electron chi connectivity index (χ3n) is 21.0. The number of amides is 1. The topological polar surface area (TPSA) is 228 Å². The number of aliphatic hydroxyl groups is 8. The molecule has 0 saturated carbocycles. The van der Waals surface area contributed by atoms with E-state index in [1.54, 1.807) is 6.08 Å². The summed E-state index contributed by atoms with van der Waals surface area (Å²) in [7, 11) is 0. The SMILES string of the molecule is CCCCCCCCCC/C=C\CCCCCCCCCCCCCCCCCCCCCCCCCCCCCCCC(=O)NC(COC1OC(CO)C(OC2OC(CO)C(O)C(O)C2O)C(O)C1O)C(O)/C=C/CC/C=C/CC/C=C/CCCCCCCCCCCCCCCCC. The molecular weight excluding hydrogens is 1250 g/mol. The maximum atomic E-state index is 13.4. The quantitative estimate of drug-likeness (QED) is 0.0204. The van der Waals surface area contributed by atoms with Gasteiger partial charge >= 0.3 is 0 Å². The average molecular weight is 1420 g/mol. The van der Waals surface area contributed by atoms with Gasteiger partial charge in [-0.1, -0.05) is 371 Å². The fourth-order valence-electron chi connectivity index (χ4n) is 14.2. The molecule has 12 atom stereocenters. The molecule has 588 valence electrons. The highest BCUT2D eigenvalue weighted by atomic mass is 16.7. The van der Waals surface area contributed by atoms with Crippen LogP contribution in [-0.2, 0) is 23.7 Å². The number of unbranched alkanes of at least 4 members (excludes halogenated alkanes) is 54. The molecule has 14 nitrogen and oxygen atoms in total. The Labute approximate surface area is 614 Å². The second kappa shape index (κ2) is 70.0. The van der Waals surface area contributed by atoms with Crippen molar-refractivity contribution in [3.8, 4) is 0 Å². The van der Waals surface area contributed by atoms with Crippen LogP contribution >= 0.6 is 0 Å². The number of hydrogen-bond donors (Lipinski definition) is 9. The van der Waals surface area contributed by atoms with Crippen molar-refractivity contribution in [3.63, 3.8) is 0 Å². The molecule has 2 heterocycles. The van der Waals surface area contributed by atoms with Crippen LogP contribution < -0.4 is 5.32 Å². The molecule has 0 spiro atoms. The molecule has 0 bridgehead atoms. The lowest BCUT2D eigenvalue weighted by Gasteiger charge is -2.46. The van der Waals surface area contributed by atoms with E-state index in [-0.39, 0.29) is 18.9 Å². The Morgan fingerprint density at radius 2 is 0.640 bits per heavy atom. The van der Waals surface area contributed by atoms with E-state index < -0.39 is 86.8 Å². The number of allylic oxidation sites excluding steroid dienone is 7. The summed E-state index contributed by atoms with van der Waals surface area (Å²) in [6, 6.07) is -0.939. The number of ether oxygens (including phenoxy) is 4. The first-order valence-corrected chi connectivity index (χ1v) is 42.9. The number of hydrogen-bond acceptors (Lipinski definition) is 13. The predicted molar refractivity (Wildman–Crippen MR) is 415 cm³/mol. The van der Waals surface area contributed by atoms with Crippen LogP contribution in [-0.4, -0.2) is 140 Å². The molecule has 14 heteroatoms. The summed E-state index contributed by atoms with van der Waals surface area (Å²) in [4.78, 5) is 13.4. The highest BCUT2D eigenvalue weighted by Gasteiger charge is 2.51. The molecule has 0 aromatic rings. The first-order chi connectivity index (χ1) is 49.1. The molecule has 0 radical (unpaired) electrons. The zero-order valence-electron chi connectivity index (χ0n) is 64.7. The van der Waals surface area contributed by atoms with Crippen LogP contribution in [0.15, 0.2) is 48.6 Å². The third-order valence-corrected chi connectivity index (χ3v) is 21.0. The van der Waals surface area contributed by atoms with Crippen molar-refractivity contribution in [2.24, 2.45) is 0 Å². The first kappa shape index (κ1) is 94.0. The third kappa shape index (κ3) is 52.0. The number of nitrogens with one attached hydrogen (secondary N) is 1. The minimum Gasteiger partial charge on any atom is -0.394 e. The van der Waals surface area contributed by atoms with Crippen molar-refractivity contribution in [1.82, 2.24) is 5.32 Å². The van der Waals surface area contributed by atoms with Crippen molar-refractivity contribution < 1.29 is 64.6 Å². The lowest BCUT2D eigenvalue weighted by molar-refractivity contribution is -0.359. The maximum Gasteiger partial charge on any atom is 0.220 e. The zero-order valence-corrected chi connectivity index (χ0v) is 64.7. The van der Waals surface area contributed by atoms with Gasteiger partial charge in [0, 0.05) is 6.42 Å². The molecule has 1 amide bonds. The lowest BCUT2D eigenvalue weighted by atomic mass is 9.97. The van der Waals surface area contributed by atoms with Crippen LogP contribution in [0.1, 0.15) is 399 Å². The number of carbonyl (C=O) groups excluding carboxylic acids is 1. The van der Waals surface area contributed by atoms with Gasteiger partial charge in [0.15, 0.2) is 12.6 Å². The van der Waals surface area contributed by atoms with E-state index in [9.17, 15) is 45.6 Å². The van der Waals surface area contributed by atoms with Gasteiger partial charge in [-0.3, -0.25) is 4.79 Å². The standard InChI is InChI=1S/C86H161NO13/c1-3-5-7-9-11-13-15-17-19-21-23-25-27-29-30-31-32-33-34-35-36-37-38-39-40-41-42-43-44-46-48-50-52-54-56-58-60-62-64-66-68-70-78(91)87-74(73-97-85-83(96)81(94)84(77(72-89)99-85)100-86-82(95)80(93)79(92)76(71-88)98-86)75(90)69-67-65-63-61-59-57-55-53-51-49-47-45-28-26-24-22-20-18-16-14-12-10-8-6-4-2/h21,23,51,53,59,61,67,69,74-77,79-86,88-90,92-96H,3-20,22,24-50,52,54-58,60,62-66,68,70-73H2,1-2H3,(H,87,91)/b23-21-,53-51+,61-59+,69-67+. The number of aliphatic hydroxyl groups excluding tert-OH is 8. The summed E-state index contributed by atoms with van der Waals surface area (Å²) in [5.41, 5.74) is 0. The number of rotatable bonds is 73. The van der Waals surface area contributed by atoms with Crippen LogP contribution in [0.3, 0.4) is 0 Å². The summed E-state index contributed by atoms with van der Waals surface area (Å²) in [6.07, 6.45) is 78.0. The van der Waals surface area contributed by atoms with Gasteiger partial charge in [0.05, 0.1) is 32.0 Å². The number of carbonyl (C=O) groups is 1.